The monoisotopic (exact) mass is 458 g/mol. The third kappa shape index (κ3) is 5.96. The molecule has 7 nitrogen and oxygen atoms in total. The Morgan fingerprint density at radius 3 is 2.66 bits per heavy atom. The molecule has 0 aliphatic rings. The van der Waals surface area contributed by atoms with E-state index in [1.54, 1.807) is 43.3 Å². The summed E-state index contributed by atoms with van der Waals surface area (Å²) >= 11 is 6.11. The number of carbonyl (C=O) groups is 2. The molecule has 0 N–H and O–H groups in total. The normalized spacial score (nSPS) is 10.8. The van der Waals surface area contributed by atoms with Crippen LogP contribution in [0.2, 0.25) is 5.02 Å². The van der Waals surface area contributed by atoms with Gasteiger partial charge in [0.15, 0.2) is 16.8 Å². The molecule has 0 unspecified atom stereocenters. The first-order valence-electron chi connectivity index (χ1n) is 10.1. The zero-order chi connectivity index (χ0) is 23.1. The number of Topliss-reactive ketones (excluding diaryl/α,β-unsaturated/α-hetero) is 1. The van der Waals surface area contributed by atoms with Crippen LogP contribution < -0.4 is 10.2 Å². The molecule has 0 fully saturated rings. The lowest BCUT2D eigenvalue weighted by Crippen LogP contribution is -2.15. The number of para-hydroxylation sites is 1. The maximum atomic E-state index is 12.7. The third-order valence-electron chi connectivity index (χ3n) is 4.67. The number of fused-ring (bicyclic) bond motifs is 1. The Bertz CT molecular complexity index is 1180. The molecular weight excluding hydrogens is 436 g/mol. The SMILES string of the molecule is CCOC(=O)COCCOc1ccc(CC(=O)c2cc(=O)c3cccc(Cl)c3o2)c(C)c1. The largest absolute Gasteiger partial charge is 0.491 e. The molecule has 168 valence electrons. The number of hydrogen-bond donors (Lipinski definition) is 0. The molecule has 0 aliphatic heterocycles. The average Bonchev–Trinajstić information content (AvgIpc) is 2.76. The zero-order valence-electron chi connectivity index (χ0n) is 17.8. The number of halogens is 1. The lowest BCUT2D eigenvalue weighted by atomic mass is 10.0. The summed E-state index contributed by atoms with van der Waals surface area (Å²) in [6.07, 6.45) is 0.0632. The van der Waals surface area contributed by atoms with E-state index in [0.717, 1.165) is 11.1 Å². The highest BCUT2D eigenvalue weighted by Gasteiger charge is 2.16. The van der Waals surface area contributed by atoms with Crippen LogP contribution in [0.25, 0.3) is 11.0 Å². The molecule has 0 atom stereocenters. The highest BCUT2D eigenvalue weighted by molar-refractivity contribution is 6.34. The van der Waals surface area contributed by atoms with Gasteiger partial charge in [0.25, 0.3) is 0 Å². The van der Waals surface area contributed by atoms with E-state index in [2.05, 4.69) is 0 Å². The van der Waals surface area contributed by atoms with E-state index in [4.69, 9.17) is 30.2 Å². The Kier molecular flexibility index (Phi) is 8.03. The van der Waals surface area contributed by atoms with E-state index in [0.29, 0.717) is 17.7 Å². The molecule has 0 spiro atoms. The number of ketones is 1. The van der Waals surface area contributed by atoms with Crippen molar-refractivity contribution in [3.63, 3.8) is 0 Å². The predicted molar refractivity (Wildman–Crippen MR) is 120 cm³/mol. The molecule has 0 saturated carbocycles. The second kappa shape index (κ2) is 10.9. The van der Waals surface area contributed by atoms with Crippen LogP contribution in [0, 0.1) is 6.92 Å². The fourth-order valence-corrected chi connectivity index (χ4v) is 3.29. The summed E-state index contributed by atoms with van der Waals surface area (Å²) in [7, 11) is 0. The number of benzene rings is 2. The van der Waals surface area contributed by atoms with Gasteiger partial charge in [-0.15, -0.1) is 0 Å². The van der Waals surface area contributed by atoms with E-state index < -0.39 is 5.97 Å². The van der Waals surface area contributed by atoms with Gasteiger partial charge in [0.1, 0.15) is 19.0 Å². The van der Waals surface area contributed by atoms with Crippen LogP contribution in [0.5, 0.6) is 5.75 Å². The first-order valence-corrected chi connectivity index (χ1v) is 10.5. The summed E-state index contributed by atoms with van der Waals surface area (Å²) in [5.41, 5.74) is 1.52. The third-order valence-corrected chi connectivity index (χ3v) is 4.97. The van der Waals surface area contributed by atoms with Crippen molar-refractivity contribution in [2.24, 2.45) is 0 Å². The lowest BCUT2D eigenvalue weighted by Gasteiger charge is -2.10. The minimum Gasteiger partial charge on any atom is -0.491 e. The number of hydrogen-bond acceptors (Lipinski definition) is 7. The quantitative estimate of drug-likeness (QED) is 0.256. The Hall–Kier alpha value is -3.16. The summed E-state index contributed by atoms with van der Waals surface area (Å²) < 4.78 is 21.2. The summed E-state index contributed by atoms with van der Waals surface area (Å²) in [5.74, 6) is -0.161. The molecule has 32 heavy (non-hydrogen) atoms. The first kappa shape index (κ1) is 23.5. The predicted octanol–water partition coefficient (Wildman–Crippen LogP) is 4.14. The van der Waals surface area contributed by atoms with Crippen LogP contribution in [0.1, 0.15) is 28.6 Å². The van der Waals surface area contributed by atoms with Gasteiger partial charge in [-0.2, -0.15) is 0 Å². The van der Waals surface area contributed by atoms with Gasteiger partial charge in [-0.1, -0.05) is 23.7 Å². The fourth-order valence-electron chi connectivity index (χ4n) is 3.07. The number of carbonyl (C=O) groups excluding carboxylic acids is 2. The van der Waals surface area contributed by atoms with E-state index in [-0.39, 0.29) is 53.8 Å². The van der Waals surface area contributed by atoms with Gasteiger partial charge >= 0.3 is 5.97 Å². The molecule has 0 aliphatic carbocycles. The maximum Gasteiger partial charge on any atom is 0.332 e. The van der Waals surface area contributed by atoms with Crippen molar-refractivity contribution in [3.8, 4) is 5.75 Å². The summed E-state index contributed by atoms with van der Waals surface area (Å²) in [5, 5.41) is 0.608. The van der Waals surface area contributed by atoms with Crippen LogP contribution >= 0.6 is 11.6 Å². The summed E-state index contributed by atoms with van der Waals surface area (Å²) in [4.78, 5) is 36.3. The van der Waals surface area contributed by atoms with Gasteiger partial charge in [-0.05, 0) is 49.2 Å². The van der Waals surface area contributed by atoms with Gasteiger partial charge in [-0.3, -0.25) is 9.59 Å². The molecule has 0 saturated heterocycles. The Morgan fingerprint density at radius 2 is 1.91 bits per heavy atom. The number of esters is 1. The molecule has 3 rings (SSSR count). The van der Waals surface area contributed by atoms with Crippen LogP contribution in [0.3, 0.4) is 0 Å². The average molecular weight is 459 g/mol. The van der Waals surface area contributed by atoms with E-state index in [1.807, 2.05) is 6.92 Å². The summed E-state index contributed by atoms with van der Waals surface area (Å²) in [6.45, 7) is 4.29. The van der Waals surface area contributed by atoms with Crippen molar-refractivity contribution in [2.75, 3.05) is 26.4 Å². The van der Waals surface area contributed by atoms with Gasteiger partial charge in [0, 0.05) is 12.5 Å². The molecule has 8 heteroatoms. The molecule has 1 aromatic heterocycles. The highest BCUT2D eigenvalue weighted by atomic mass is 35.5. The van der Waals surface area contributed by atoms with Crippen molar-refractivity contribution >= 4 is 34.3 Å². The molecule has 0 amide bonds. The minimum absolute atomic E-state index is 0.0333. The molecular formula is C24H23ClO7. The van der Waals surface area contributed by atoms with Crippen LogP contribution in [0.15, 0.2) is 51.7 Å². The van der Waals surface area contributed by atoms with Crippen LogP contribution in [-0.4, -0.2) is 38.2 Å². The zero-order valence-corrected chi connectivity index (χ0v) is 18.6. The molecule has 3 aromatic rings. The van der Waals surface area contributed by atoms with E-state index in [1.165, 1.54) is 6.07 Å². The van der Waals surface area contributed by atoms with E-state index >= 15 is 0 Å². The van der Waals surface area contributed by atoms with Gasteiger partial charge in [0.05, 0.1) is 23.6 Å². The first-order chi connectivity index (χ1) is 15.4. The molecule has 0 radical (unpaired) electrons. The second-order valence-corrected chi connectivity index (χ2v) is 7.39. The van der Waals surface area contributed by atoms with Crippen molar-refractivity contribution < 1.29 is 28.2 Å². The van der Waals surface area contributed by atoms with Crippen LogP contribution in [0.4, 0.5) is 0 Å². The maximum absolute atomic E-state index is 12.7. The minimum atomic E-state index is -0.415. The van der Waals surface area contributed by atoms with Crippen molar-refractivity contribution in [1.82, 2.24) is 0 Å². The number of rotatable bonds is 10. The smallest absolute Gasteiger partial charge is 0.332 e. The second-order valence-electron chi connectivity index (χ2n) is 6.99. The standard InChI is InChI=1S/C24H23ClO7/c1-3-30-23(28)14-29-9-10-31-17-8-7-16(15(2)11-17)12-21(27)22-13-20(26)18-5-4-6-19(25)24(18)32-22/h4-8,11,13H,3,9-10,12,14H2,1-2H3. The Labute approximate surface area is 189 Å². The fraction of sp³-hybridized carbons (Fsp3) is 0.292. The highest BCUT2D eigenvalue weighted by Crippen LogP contribution is 2.23. The molecule has 2 aromatic carbocycles. The topological polar surface area (TPSA) is 92.0 Å². The van der Waals surface area contributed by atoms with Gasteiger partial charge < -0.3 is 18.6 Å². The van der Waals surface area contributed by atoms with E-state index in [9.17, 15) is 14.4 Å². The Morgan fingerprint density at radius 1 is 1.09 bits per heavy atom. The molecule has 0 bridgehead atoms. The Balaban J connectivity index is 1.60. The van der Waals surface area contributed by atoms with Crippen molar-refractivity contribution in [1.29, 1.82) is 0 Å². The van der Waals surface area contributed by atoms with Gasteiger partial charge in [0.2, 0.25) is 5.78 Å². The van der Waals surface area contributed by atoms with Crippen molar-refractivity contribution in [3.05, 3.63) is 74.6 Å². The summed E-state index contributed by atoms with van der Waals surface area (Å²) in [6, 6.07) is 11.4. The number of ether oxygens (including phenoxy) is 3. The van der Waals surface area contributed by atoms with Gasteiger partial charge in [-0.25, -0.2) is 4.79 Å². The van der Waals surface area contributed by atoms with Crippen LogP contribution in [-0.2, 0) is 20.7 Å². The number of aryl methyl sites for hydroxylation is 1. The van der Waals surface area contributed by atoms with Crippen molar-refractivity contribution in [2.45, 2.75) is 20.3 Å². The molecule has 1 heterocycles. The lowest BCUT2D eigenvalue weighted by molar-refractivity contribution is -0.148.